The van der Waals surface area contributed by atoms with E-state index in [0.29, 0.717) is 6.61 Å². The Kier molecular flexibility index (Phi) is 3.23. The summed E-state index contributed by atoms with van der Waals surface area (Å²) in [7, 11) is 1.69. The van der Waals surface area contributed by atoms with Crippen molar-refractivity contribution in [1.82, 2.24) is 4.98 Å². The van der Waals surface area contributed by atoms with Crippen molar-refractivity contribution in [1.29, 1.82) is 0 Å². The maximum atomic E-state index is 5.02. The number of hydrogen-bond donors (Lipinski definition) is 0. The minimum Gasteiger partial charge on any atom is -0.378 e. The molecule has 12 heavy (non-hydrogen) atoms. The first-order valence-corrected chi connectivity index (χ1v) is 4.21. The zero-order chi connectivity index (χ0) is 8.97. The maximum Gasteiger partial charge on any atom is 0.0884 e. The van der Waals surface area contributed by atoms with Gasteiger partial charge in [-0.3, -0.25) is 4.98 Å². The molecular formula is C10H15NO. The van der Waals surface area contributed by atoms with Gasteiger partial charge in [-0.05, 0) is 31.0 Å². The Bertz CT molecular complexity index is 258. The maximum absolute atomic E-state index is 5.02. The normalized spacial score (nSPS) is 10.2. The molecular weight excluding hydrogens is 150 g/mol. The van der Waals surface area contributed by atoms with E-state index in [1.807, 2.05) is 0 Å². The molecule has 0 fully saturated rings. The van der Waals surface area contributed by atoms with Crippen LogP contribution in [0.1, 0.15) is 23.9 Å². The lowest BCUT2D eigenvalue weighted by Crippen LogP contribution is -1.97. The van der Waals surface area contributed by atoms with Crippen molar-refractivity contribution in [2.24, 2.45) is 0 Å². The molecule has 0 N–H and O–H groups in total. The monoisotopic (exact) mass is 165 g/mol. The van der Waals surface area contributed by atoms with Crippen molar-refractivity contribution < 1.29 is 4.74 Å². The molecule has 0 amide bonds. The zero-order valence-electron chi connectivity index (χ0n) is 7.92. The van der Waals surface area contributed by atoms with Crippen molar-refractivity contribution in [3.8, 4) is 0 Å². The molecule has 0 saturated heterocycles. The first-order chi connectivity index (χ1) is 5.76. The average Bonchev–Trinajstić information content (AvgIpc) is 2.04. The van der Waals surface area contributed by atoms with Crippen LogP contribution >= 0.6 is 0 Å². The van der Waals surface area contributed by atoms with Crippen molar-refractivity contribution in [3.05, 3.63) is 29.1 Å². The lowest BCUT2D eigenvalue weighted by atomic mass is 10.2. The molecule has 0 bridgehead atoms. The second-order valence-corrected chi connectivity index (χ2v) is 2.91. The third kappa shape index (κ3) is 2.31. The second-order valence-electron chi connectivity index (χ2n) is 2.91. The molecule has 2 heteroatoms. The van der Waals surface area contributed by atoms with Crippen LogP contribution in [0.25, 0.3) is 0 Å². The van der Waals surface area contributed by atoms with Gasteiger partial charge in [0, 0.05) is 12.8 Å². The predicted octanol–water partition coefficient (Wildman–Crippen LogP) is 2.10. The lowest BCUT2D eigenvalue weighted by Gasteiger charge is -2.03. The van der Waals surface area contributed by atoms with Gasteiger partial charge in [-0.25, -0.2) is 0 Å². The van der Waals surface area contributed by atoms with E-state index >= 15 is 0 Å². The number of aromatic nitrogens is 1. The summed E-state index contributed by atoms with van der Waals surface area (Å²) in [6.07, 6.45) is 0.985. The van der Waals surface area contributed by atoms with Crippen LogP contribution in [-0.4, -0.2) is 12.1 Å². The number of rotatable bonds is 3. The van der Waals surface area contributed by atoms with Crippen molar-refractivity contribution >= 4 is 0 Å². The van der Waals surface area contributed by atoms with Crippen LogP contribution < -0.4 is 0 Å². The van der Waals surface area contributed by atoms with E-state index in [0.717, 1.165) is 17.8 Å². The van der Waals surface area contributed by atoms with Crippen LogP contribution in [0.15, 0.2) is 12.1 Å². The summed E-state index contributed by atoms with van der Waals surface area (Å²) in [5, 5.41) is 0. The Balaban J connectivity index is 2.90. The third-order valence-corrected chi connectivity index (χ3v) is 1.73. The van der Waals surface area contributed by atoms with E-state index in [1.54, 1.807) is 7.11 Å². The van der Waals surface area contributed by atoms with Gasteiger partial charge in [0.15, 0.2) is 0 Å². The molecule has 1 heterocycles. The molecule has 0 saturated carbocycles. The molecule has 0 aliphatic carbocycles. The predicted molar refractivity (Wildman–Crippen MR) is 49.1 cm³/mol. The van der Waals surface area contributed by atoms with Crippen molar-refractivity contribution in [3.63, 3.8) is 0 Å². The standard InChI is InChI=1S/C10H15NO/c1-4-9-5-8(2)6-10(11-9)7-12-3/h5-6H,4,7H2,1-3H3. The van der Waals surface area contributed by atoms with Gasteiger partial charge in [-0.1, -0.05) is 6.92 Å². The quantitative estimate of drug-likeness (QED) is 0.684. The van der Waals surface area contributed by atoms with Gasteiger partial charge in [0.05, 0.1) is 12.3 Å². The van der Waals surface area contributed by atoms with Crippen LogP contribution in [0.4, 0.5) is 0 Å². The highest BCUT2D eigenvalue weighted by atomic mass is 16.5. The van der Waals surface area contributed by atoms with Gasteiger partial charge < -0.3 is 4.74 Å². The van der Waals surface area contributed by atoms with Crippen molar-refractivity contribution in [2.45, 2.75) is 26.9 Å². The molecule has 66 valence electrons. The molecule has 0 unspecified atom stereocenters. The molecule has 0 atom stereocenters. The summed E-state index contributed by atoms with van der Waals surface area (Å²) in [5.74, 6) is 0. The summed E-state index contributed by atoms with van der Waals surface area (Å²) in [4.78, 5) is 4.42. The molecule has 1 aromatic rings. The number of methoxy groups -OCH3 is 1. The van der Waals surface area contributed by atoms with E-state index in [4.69, 9.17) is 4.74 Å². The van der Waals surface area contributed by atoms with Crippen molar-refractivity contribution in [2.75, 3.05) is 7.11 Å². The second kappa shape index (κ2) is 4.21. The van der Waals surface area contributed by atoms with E-state index in [-0.39, 0.29) is 0 Å². The molecule has 0 aliphatic rings. The van der Waals surface area contributed by atoms with Crippen LogP contribution in [-0.2, 0) is 17.8 Å². The van der Waals surface area contributed by atoms with Gasteiger partial charge in [-0.15, -0.1) is 0 Å². The molecule has 1 rings (SSSR count). The molecule has 0 radical (unpaired) electrons. The Hall–Kier alpha value is -0.890. The van der Waals surface area contributed by atoms with E-state index in [2.05, 4.69) is 31.0 Å². The van der Waals surface area contributed by atoms with Crippen LogP contribution in [0.5, 0.6) is 0 Å². The number of hydrogen-bond acceptors (Lipinski definition) is 2. The highest BCUT2D eigenvalue weighted by Gasteiger charge is 1.97. The Morgan fingerprint density at radius 2 is 2.00 bits per heavy atom. The Labute approximate surface area is 73.6 Å². The number of pyridine rings is 1. The fraction of sp³-hybridized carbons (Fsp3) is 0.500. The molecule has 2 nitrogen and oxygen atoms in total. The molecule has 0 spiro atoms. The van der Waals surface area contributed by atoms with Gasteiger partial charge in [0.25, 0.3) is 0 Å². The number of aryl methyl sites for hydroxylation is 2. The first-order valence-electron chi connectivity index (χ1n) is 4.21. The van der Waals surface area contributed by atoms with E-state index in [1.165, 1.54) is 5.56 Å². The minimum absolute atomic E-state index is 0.606. The van der Waals surface area contributed by atoms with E-state index in [9.17, 15) is 0 Å². The summed E-state index contributed by atoms with van der Waals surface area (Å²) in [6, 6.07) is 4.17. The van der Waals surface area contributed by atoms with Crippen LogP contribution in [0, 0.1) is 6.92 Å². The Morgan fingerprint density at radius 1 is 1.33 bits per heavy atom. The third-order valence-electron chi connectivity index (χ3n) is 1.73. The molecule has 0 aromatic carbocycles. The zero-order valence-corrected chi connectivity index (χ0v) is 7.92. The van der Waals surface area contributed by atoms with Gasteiger partial charge in [0.1, 0.15) is 0 Å². The minimum atomic E-state index is 0.606. The highest BCUT2D eigenvalue weighted by Crippen LogP contribution is 2.06. The topological polar surface area (TPSA) is 22.1 Å². The lowest BCUT2D eigenvalue weighted by molar-refractivity contribution is 0.181. The van der Waals surface area contributed by atoms with Crippen LogP contribution in [0.3, 0.4) is 0 Å². The van der Waals surface area contributed by atoms with E-state index < -0.39 is 0 Å². The fourth-order valence-electron chi connectivity index (χ4n) is 1.22. The van der Waals surface area contributed by atoms with Gasteiger partial charge in [0.2, 0.25) is 0 Å². The fourth-order valence-corrected chi connectivity index (χ4v) is 1.22. The van der Waals surface area contributed by atoms with Gasteiger partial charge >= 0.3 is 0 Å². The number of ether oxygens (including phenoxy) is 1. The number of nitrogens with zero attached hydrogens (tertiary/aromatic N) is 1. The molecule has 1 aromatic heterocycles. The van der Waals surface area contributed by atoms with Gasteiger partial charge in [-0.2, -0.15) is 0 Å². The summed E-state index contributed by atoms with van der Waals surface area (Å²) >= 11 is 0. The molecule has 0 aliphatic heterocycles. The average molecular weight is 165 g/mol. The Morgan fingerprint density at radius 3 is 2.58 bits per heavy atom. The van der Waals surface area contributed by atoms with Crippen LogP contribution in [0.2, 0.25) is 0 Å². The SMILES string of the molecule is CCc1cc(C)cc(COC)n1. The summed E-state index contributed by atoms with van der Waals surface area (Å²) < 4.78 is 5.02. The first kappa shape index (κ1) is 9.20. The smallest absolute Gasteiger partial charge is 0.0884 e. The highest BCUT2D eigenvalue weighted by molar-refractivity contribution is 5.19. The largest absolute Gasteiger partial charge is 0.378 e. The summed E-state index contributed by atoms with van der Waals surface area (Å²) in [5.41, 5.74) is 3.42. The summed E-state index contributed by atoms with van der Waals surface area (Å²) in [6.45, 7) is 4.80.